The predicted octanol–water partition coefficient (Wildman–Crippen LogP) is 2.88. The number of hydrogen-bond acceptors (Lipinski definition) is 2. The fourth-order valence-electron chi connectivity index (χ4n) is 1.90. The van der Waals surface area contributed by atoms with E-state index in [0.29, 0.717) is 0 Å². The molecule has 1 aromatic heterocycles. The van der Waals surface area contributed by atoms with Crippen molar-refractivity contribution in [2.45, 2.75) is 12.7 Å². The second kappa shape index (κ2) is 4.46. The van der Waals surface area contributed by atoms with E-state index in [9.17, 15) is 8.42 Å². The van der Waals surface area contributed by atoms with Crippen molar-refractivity contribution in [3.63, 3.8) is 0 Å². The van der Waals surface area contributed by atoms with Crippen molar-refractivity contribution in [2.24, 2.45) is 7.05 Å². The molecule has 1 heterocycles. The highest BCUT2D eigenvalue weighted by Crippen LogP contribution is 2.26. The zero-order valence-electron chi connectivity index (χ0n) is 9.77. The lowest BCUT2D eigenvalue weighted by Crippen LogP contribution is -2.06. The molecule has 5 heteroatoms. The molecule has 17 heavy (non-hydrogen) atoms. The van der Waals surface area contributed by atoms with E-state index in [0.717, 1.165) is 20.9 Å². The molecule has 0 atom stereocenters. The normalized spacial score (nSPS) is 12.2. The minimum absolute atomic E-state index is 0.108. The number of rotatable bonds is 3. The summed E-state index contributed by atoms with van der Waals surface area (Å²) in [6.07, 6.45) is 1.89. The predicted molar refractivity (Wildman–Crippen MR) is 73.8 cm³/mol. The average molecular weight is 316 g/mol. The van der Waals surface area contributed by atoms with Crippen molar-refractivity contribution in [1.29, 1.82) is 0 Å². The molecule has 0 saturated heterocycles. The van der Waals surface area contributed by atoms with Crippen LogP contribution in [0.5, 0.6) is 0 Å². The summed E-state index contributed by atoms with van der Waals surface area (Å²) in [5.74, 6) is 0.286. The SMILES string of the molecule is CCS(=O)(=O)Cc1cn(C)c2ccc(Br)cc12. The maximum Gasteiger partial charge on any atom is 0.154 e. The average Bonchev–Trinajstić information content (AvgIpc) is 2.55. The number of benzene rings is 1. The third kappa shape index (κ3) is 2.55. The van der Waals surface area contributed by atoms with Crippen LogP contribution >= 0.6 is 15.9 Å². The summed E-state index contributed by atoms with van der Waals surface area (Å²) >= 11 is 3.41. The Balaban J connectivity index is 2.59. The first kappa shape index (κ1) is 12.6. The van der Waals surface area contributed by atoms with Crippen molar-refractivity contribution in [1.82, 2.24) is 4.57 Å². The summed E-state index contributed by atoms with van der Waals surface area (Å²) in [5, 5.41) is 0.999. The quantitative estimate of drug-likeness (QED) is 0.873. The molecule has 0 radical (unpaired) electrons. The number of hydrogen-bond donors (Lipinski definition) is 0. The zero-order valence-corrected chi connectivity index (χ0v) is 12.2. The number of aryl methyl sites for hydroxylation is 1. The number of sulfone groups is 1. The number of halogens is 1. The van der Waals surface area contributed by atoms with Gasteiger partial charge in [-0.25, -0.2) is 8.42 Å². The maximum absolute atomic E-state index is 11.7. The van der Waals surface area contributed by atoms with Crippen molar-refractivity contribution in [3.8, 4) is 0 Å². The lowest BCUT2D eigenvalue weighted by atomic mass is 10.2. The van der Waals surface area contributed by atoms with Crippen LogP contribution in [-0.2, 0) is 22.6 Å². The molecule has 2 rings (SSSR count). The Morgan fingerprint density at radius 3 is 2.71 bits per heavy atom. The summed E-state index contributed by atoms with van der Waals surface area (Å²) in [6.45, 7) is 1.68. The molecule has 2 aromatic rings. The lowest BCUT2D eigenvalue weighted by Gasteiger charge is -2.00. The van der Waals surface area contributed by atoms with Crippen LogP contribution in [0.3, 0.4) is 0 Å². The van der Waals surface area contributed by atoms with Crippen molar-refractivity contribution >= 4 is 36.7 Å². The van der Waals surface area contributed by atoms with Gasteiger partial charge in [-0.05, 0) is 23.8 Å². The molecule has 0 amide bonds. The second-order valence-electron chi connectivity index (χ2n) is 4.10. The Kier molecular flexibility index (Phi) is 3.32. The topological polar surface area (TPSA) is 39.1 Å². The molecule has 0 bridgehead atoms. The Morgan fingerprint density at radius 2 is 2.06 bits per heavy atom. The van der Waals surface area contributed by atoms with Gasteiger partial charge in [-0.3, -0.25) is 0 Å². The zero-order chi connectivity index (χ0) is 12.6. The molecule has 0 aliphatic carbocycles. The van der Waals surface area contributed by atoms with Gasteiger partial charge >= 0.3 is 0 Å². The van der Waals surface area contributed by atoms with E-state index in [2.05, 4.69) is 15.9 Å². The summed E-state index contributed by atoms with van der Waals surface area (Å²) in [7, 11) is -1.06. The van der Waals surface area contributed by atoms with E-state index in [1.807, 2.05) is 36.0 Å². The van der Waals surface area contributed by atoms with Crippen LogP contribution in [0.25, 0.3) is 10.9 Å². The van der Waals surface area contributed by atoms with E-state index >= 15 is 0 Å². The molecule has 0 N–H and O–H groups in total. The molecule has 0 fully saturated rings. The molecule has 0 unspecified atom stereocenters. The van der Waals surface area contributed by atoms with E-state index < -0.39 is 9.84 Å². The van der Waals surface area contributed by atoms with Crippen LogP contribution in [0.1, 0.15) is 12.5 Å². The van der Waals surface area contributed by atoms with Gasteiger partial charge in [0.05, 0.1) is 5.75 Å². The van der Waals surface area contributed by atoms with Crippen LogP contribution in [0.4, 0.5) is 0 Å². The van der Waals surface area contributed by atoms with Gasteiger partial charge in [0.2, 0.25) is 0 Å². The molecule has 3 nitrogen and oxygen atoms in total. The summed E-state index contributed by atoms with van der Waals surface area (Å²) in [5.41, 5.74) is 1.92. The van der Waals surface area contributed by atoms with Crippen LogP contribution in [-0.4, -0.2) is 18.7 Å². The summed E-state index contributed by atoms with van der Waals surface area (Å²) < 4.78 is 26.3. The maximum atomic E-state index is 11.7. The van der Waals surface area contributed by atoms with Crippen LogP contribution in [0.2, 0.25) is 0 Å². The molecule has 1 aromatic carbocycles. The Hall–Kier alpha value is -0.810. The third-order valence-electron chi connectivity index (χ3n) is 2.85. The van der Waals surface area contributed by atoms with Crippen molar-refractivity contribution in [3.05, 3.63) is 34.4 Å². The largest absolute Gasteiger partial charge is 0.350 e. The fourth-order valence-corrected chi connectivity index (χ4v) is 3.17. The summed E-state index contributed by atoms with van der Waals surface area (Å²) in [6, 6.07) is 5.91. The van der Waals surface area contributed by atoms with Gasteiger partial charge < -0.3 is 4.57 Å². The van der Waals surface area contributed by atoms with E-state index in [-0.39, 0.29) is 11.5 Å². The van der Waals surface area contributed by atoms with Crippen molar-refractivity contribution < 1.29 is 8.42 Å². The second-order valence-corrected chi connectivity index (χ2v) is 7.37. The van der Waals surface area contributed by atoms with Gasteiger partial charge in [-0.15, -0.1) is 0 Å². The van der Waals surface area contributed by atoms with Crippen LogP contribution in [0, 0.1) is 0 Å². The molecule has 0 saturated carbocycles. The highest BCUT2D eigenvalue weighted by molar-refractivity contribution is 9.10. The third-order valence-corrected chi connectivity index (χ3v) is 4.97. The van der Waals surface area contributed by atoms with Gasteiger partial charge in [0.15, 0.2) is 9.84 Å². The first-order chi connectivity index (χ1) is 7.93. The van der Waals surface area contributed by atoms with Gasteiger partial charge in [-0.2, -0.15) is 0 Å². The highest BCUT2D eigenvalue weighted by Gasteiger charge is 2.14. The van der Waals surface area contributed by atoms with Gasteiger partial charge in [0.25, 0.3) is 0 Å². The molecule has 0 aliphatic heterocycles. The fraction of sp³-hybridized carbons (Fsp3) is 0.333. The molecule has 0 aliphatic rings. The standard InChI is InChI=1S/C12H14BrNO2S/c1-3-17(15,16)8-9-7-14(2)12-5-4-10(13)6-11(9)12/h4-7H,3,8H2,1-2H3. The molecular formula is C12H14BrNO2S. The monoisotopic (exact) mass is 315 g/mol. The highest BCUT2D eigenvalue weighted by atomic mass is 79.9. The smallest absolute Gasteiger partial charge is 0.154 e. The minimum atomic E-state index is -2.99. The van der Waals surface area contributed by atoms with E-state index in [4.69, 9.17) is 0 Å². The van der Waals surface area contributed by atoms with Crippen LogP contribution in [0.15, 0.2) is 28.9 Å². The van der Waals surface area contributed by atoms with Gasteiger partial charge in [-0.1, -0.05) is 22.9 Å². The Morgan fingerprint density at radius 1 is 1.35 bits per heavy atom. The van der Waals surface area contributed by atoms with E-state index in [1.165, 1.54) is 0 Å². The lowest BCUT2D eigenvalue weighted by molar-refractivity contribution is 0.596. The van der Waals surface area contributed by atoms with E-state index in [1.54, 1.807) is 6.92 Å². The number of aromatic nitrogens is 1. The Labute approximate surface area is 109 Å². The summed E-state index contributed by atoms with van der Waals surface area (Å²) in [4.78, 5) is 0. The molecule has 0 spiro atoms. The van der Waals surface area contributed by atoms with Gasteiger partial charge in [0, 0.05) is 34.4 Å². The van der Waals surface area contributed by atoms with Gasteiger partial charge in [0.1, 0.15) is 0 Å². The first-order valence-electron chi connectivity index (χ1n) is 5.37. The first-order valence-corrected chi connectivity index (χ1v) is 7.98. The van der Waals surface area contributed by atoms with Crippen LogP contribution < -0.4 is 0 Å². The molecular weight excluding hydrogens is 302 g/mol. The number of fused-ring (bicyclic) bond motifs is 1. The molecule has 92 valence electrons. The Bertz CT molecular complexity index is 658. The minimum Gasteiger partial charge on any atom is -0.350 e. The number of nitrogens with zero attached hydrogens (tertiary/aromatic N) is 1. The van der Waals surface area contributed by atoms with Crippen molar-refractivity contribution in [2.75, 3.05) is 5.75 Å².